The van der Waals surface area contributed by atoms with Gasteiger partial charge in [0.2, 0.25) is 0 Å². The Morgan fingerprint density at radius 2 is 2.09 bits per heavy atom. The summed E-state index contributed by atoms with van der Waals surface area (Å²) in [7, 11) is 0. The Kier molecular flexibility index (Phi) is 5.18. The van der Waals surface area contributed by atoms with E-state index < -0.39 is 0 Å². The van der Waals surface area contributed by atoms with Gasteiger partial charge in [0, 0.05) is 38.4 Å². The van der Waals surface area contributed by atoms with Crippen molar-refractivity contribution in [3.8, 4) is 0 Å². The maximum atomic E-state index is 12.8. The second-order valence-corrected chi connectivity index (χ2v) is 6.41. The van der Waals surface area contributed by atoms with E-state index in [4.69, 9.17) is 27.9 Å². The number of nitrogens with zero attached hydrogens (tertiary/aromatic N) is 3. The summed E-state index contributed by atoms with van der Waals surface area (Å²) < 4.78 is 5.38. The number of hydrogen-bond acceptors (Lipinski definition) is 4. The van der Waals surface area contributed by atoms with Crippen LogP contribution in [0.2, 0.25) is 10.2 Å². The molecule has 1 aromatic rings. The van der Waals surface area contributed by atoms with Crippen LogP contribution in [0.1, 0.15) is 23.2 Å². The topological polar surface area (TPSA) is 45.7 Å². The van der Waals surface area contributed by atoms with E-state index in [1.807, 2.05) is 4.90 Å². The van der Waals surface area contributed by atoms with Crippen LogP contribution in [0.4, 0.5) is 0 Å². The molecule has 1 aromatic heterocycles. The van der Waals surface area contributed by atoms with Crippen molar-refractivity contribution in [3.63, 3.8) is 0 Å². The first-order valence-corrected chi connectivity index (χ1v) is 8.33. The number of carbonyl (C=O) groups is 1. The summed E-state index contributed by atoms with van der Waals surface area (Å²) in [5.41, 5.74) is 0.440. The number of morpholine rings is 1. The molecule has 2 saturated heterocycles. The molecule has 120 valence electrons. The van der Waals surface area contributed by atoms with E-state index in [-0.39, 0.29) is 22.1 Å². The van der Waals surface area contributed by atoms with Gasteiger partial charge in [-0.05, 0) is 18.9 Å². The molecule has 22 heavy (non-hydrogen) atoms. The van der Waals surface area contributed by atoms with E-state index in [1.165, 1.54) is 6.20 Å². The maximum absolute atomic E-state index is 12.8. The highest BCUT2D eigenvalue weighted by Crippen LogP contribution is 2.27. The Morgan fingerprint density at radius 1 is 1.32 bits per heavy atom. The van der Waals surface area contributed by atoms with E-state index in [2.05, 4.69) is 9.88 Å². The molecule has 0 unspecified atom stereocenters. The summed E-state index contributed by atoms with van der Waals surface area (Å²) in [5, 5.41) is 0.419. The number of rotatable bonds is 3. The van der Waals surface area contributed by atoms with E-state index in [1.54, 1.807) is 6.07 Å². The zero-order chi connectivity index (χ0) is 15.5. The smallest absolute Gasteiger partial charge is 0.255 e. The van der Waals surface area contributed by atoms with Crippen molar-refractivity contribution >= 4 is 29.1 Å². The number of pyridine rings is 1. The Hall–Kier alpha value is -0.880. The first-order valence-electron chi connectivity index (χ1n) is 7.58. The van der Waals surface area contributed by atoms with Gasteiger partial charge in [0.1, 0.15) is 5.15 Å². The molecule has 0 aliphatic carbocycles. The van der Waals surface area contributed by atoms with Crippen molar-refractivity contribution in [2.75, 3.05) is 39.4 Å². The third-order valence-corrected chi connectivity index (χ3v) is 5.05. The lowest BCUT2D eigenvalue weighted by molar-refractivity contribution is 0.0261. The van der Waals surface area contributed by atoms with Gasteiger partial charge in [-0.15, -0.1) is 0 Å². The minimum Gasteiger partial charge on any atom is -0.379 e. The van der Waals surface area contributed by atoms with Gasteiger partial charge in [0.15, 0.2) is 0 Å². The molecule has 0 radical (unpaired) electrons. The molecular formula is C15H19Cl2N3O2. The standard InChI is InChI=1S/C15H19Cl2N3O2/c16-13-12(3-4-18-14(13)17)15(21)20-5-1-2-11(20)10-19-6-8-22-9-7-19/h3-4,11H,1-2,5-10H2/t11-/m0/s1. The van der Waals surface area contributed by atoms with Crippen molar-refractivity contribution in [2.45, 2.75) is 18.9 Å². The maximum Gasteiger partial charge on any atom is 0.255 e. The summed E-state index contributed by atoms with van der Waals surface area (Å²) in [6, 6.07) is 1.87. The highest BCUT2D eigenvalue weighted by Gasteiger charge is 2.32. The van der Waals surface area contributed by atoms with Gasteiger partial charge in [0.05, 0.1) is 23.8 Å². The molecule has 0 saturated carbocycles. The summed E-state index contributed by atoms with van der Waals surface area (Å²) in [5.74, 6) is -0.0509. The second kappa shape index (κ2) is 7.13. The highest BCUT2D eigenvalue weighted by atomic mass is 35.5. The number of carbonyl (C=O) groups excluding carboxylic acids is 1. The van der Waals surface area contributed by atoms with Gasteiger partial charge in [0.25, 0.3) is 5.91 Å². The SMILES string of the molecule is O=C(c1ccnc(Cl)c1Cl)N1CCC[C@H]1CN1CCOCC1. The van der Waals surface area contributed by atoms with E-state index in [0.717, 1.165) is 52.2 Å². The van der Waals surface area contributed by atoms with Crippen molar-refractivity contribution in [3.05, 3.63) is 28.0 Å². The molecule has 2 aliphatic rings. The Bertz CT molecular complexity index is 550. The summed E-state index contributed by atoms with van der Waals surface area (Å²) >= 11 is 12.1. The average molecular weight is 344 g/mol. The quantitative estimate of drug-likeness (QED) is 0.790. The lowest BCUT2D eigenvalue weighted by Gasteiger charge is -2.33. The van der Waals surface area contributed by atoms with Gasteiger partial charge < -0.3 is 9.64 Å². The fraction of sp³-hybridized carbons (Fsp3) is 0.600. The minimum absolute atomic E-state index is 0.0509. The van der Waals surface area contributed by atoms with Crippen LogP contribution in [0.5, 0.6) is 0 Å². The van der Waals surface area contributed by atoms with Crippen LogP contribution >= 0.6 is 23.2 Å². The van der Waals surface area contributed by atoms with Gasteiger partial charge in [-0.1, -0.05) is 23.2 Å². The fourth-order valence-corrected chi connectivity index (χ4v) is 3.46. The molecule has 7 heteroatoms. The van der Waals surface area contributed by atoms with E-state index in [9.17, 15) is 4.79 Å². The normalized spacial score (nSPS) is 23.0. The van der Waals surface area contributed by atoms with E-state index >= 15 is 0 Å². The monoisotopic (exact) mass is 343 g/mol. The zero-order valence-corrected chi connectivity index (χ0v) is 13.8. The van der Waals surface area contributed by atoms with Crippen molar-refractivity contribution in [2.24, 2.45) is 0 Å². The zero-order valence-electron chi connectivity index (χ0n) is 12.3. The number of halogens is 2. The number of hydrogen-bond donors (Lipinski definition) is 0. The van der Waals surface area contributed by atoms with Crippen LogP contribution in [-0.4, -0.2) is 66.1 Å². The molecule has 1 amide bonds. The first-order chi connectivity index (χ1) is 10.7. The molecule has 0 spiro atoms. The molecule has 0 N–H and O–H groups in total. The predicted octanol–water partition coefficient (Wildman–Crippen LogP) is 2.33. The highest BCUT2D eigenvalue weighted by molar-refractivity contribution is 6.43. The molecule has 5 nitrogen and oxygen atoms in total. The average Bonchev–Trinajstić information content (AvgIpc) is 2.98. The summed E-state index contributed by atoms with van der Waals surface area (Å²) in [4.78, 5) is 21.0. The van der Waals surface area contributed by atoms with Crippen LogP contribution < -0.4 is 0 Å². The van der Waals surface area contributed by atoms with Crippen molar-refractivity contribution in [1.29, 1.82) is 0 Å². The molecular weight excluding hydrogens is 325 g/mol. The minimum atomic E-state index is -0.0509. The van der Waals surface area contributed by atoms with Crippen molar-refractivity contribution in [1.82, 2.24) is 14.8 Å². The number of ether oxygens (including phenoxy) is 1. The van der Waals surface area contributed by atoms with Crippen LogP contribution in [0, 0.1) is 0 Å². The molecule has 1 atom stereocenters. The molecule has 3 heterocycles. The lowest BCUT2D eigenvalue weighted by atomic mass is 10.1. The molecule has 0 bridgehead atoms. The van der Waals surface area contributed by atoms with Gasteiger partial charge in [-0.25, -0.2) is 4.98 Å². The van der Waals surface area contributed by atoms with Crippen molar-refractivity contribution < 1.29 is 9.53 Å². The Balaban J connectivity index is 1.71. The molecule has 2 aliphatic heterocycles. The van der Waals surface area contributed by atoms with Crippen LogP contribution in [0.3, 0.4) is 0 Å². The molecule has 0 aromatic carbocycles. The number of likely N-dealkylation sites (tertiary alicyclic amines) is 1. The van der Waals surface area contributed by atoms with Gasteiger partial charge >= 0.3 is 0 Å². The fourth-order valence-electron chi connectivity index (χ4n) is 3.11. The molecule has 3 rings (SSSR count). The Labute approximate surface area is 140 Å². The largest absolute Gasteiger partial charge is 0.379 e. The van der Waals surface area contributed by atoms with Gasteiger partial charge in [-0.3, -0.25) is 9.69 Å². The number of amides is 1. The van der Waals surface area contributed by atoms with Gasteiger partial charge in [-0.2, -0.15) is 0 Å². The van der Waals surface area contributed by atoms with Crippen LogP contribution in [0.15, 0.2) is 12.3 Å². The van der Waals surface area contributed by atoms with Crippen LogP contribution in [-0.2, 0) is 4.74 Å². The predicted molar refractivity (Wildman–Crippen MR) is 85.6 cm³/mol. The Morgan fingerprint density at radius 3 is 2.86 bits per heavy atom. The second-order valence-electron chi connectivity index (χ2n) is 5.67. The lowest BCUT2D eigenvalue weighted by Crippen LogP contribution is -2.46. The van der Waals surface area contributed by atoms with E-state index in [0.29, 0.717) is 5.56 Å². The summed E-state index contributed by atoms with van der Waals surface area (Å²) in [6.07, 6.45) is 3.57. The third kappa shape index (κ3) is 3.38. The first kappa shape index (κ1) is 16.0. The van der Waals surface area contributed by atoms with Crippen LogP contribution in [0.25, 0.3) is 0 Å². The summed E-state index contributed by atoms with van der Waals surface area (Å²) in [6.45, 7) is 5.06. The molecule has 2 fully saturated rings. The number of aromatic nitrogens is 1. The third-order valence-electron chi connectivity index (χ3n) is 4.29.